The Morgan fingerprint density at radius 2 is 2.12 bits per heavy atom. The number of aliphatic hydroxyl groups is 1. The van der Waals surface area contributed by atoms with Crippen molar-refractivity contribution in [2.75, 3.05) is 17.3 Å². The number of hydrogen-bond donors (Lipinski definition) is 2. The van der Waals surface area contributed by atoms with Gasteiger partial charge in [-0.25, -0.2) is 9.37 Å². The van der Waals surface area contributed by atoms with Crippen LogP contribution in [0.1, 0.15) is 25.5 Å². The molecule has 1 aromatic heterocycles. The van der Waals surface area contributed by atoms with E-state index in [0.717, 1.165) is 0 Å². The summed E-state index contributed by atoms with van der Waals surface area (Å²) >= 11 is 0. The minimum Gasteiger partial charge on any atom is -0.481 e. The van der Waals surface area contributed by atoms with Crippen LogP contribution >= 0.6 is 0 Å². The average Bonchev–Trinajstić information content (AvgIpc) is 2.60. The summed E-state index contributed by atoms with van der Waals surface area (Å²) < 4.78 is 18.9. The van der Waals surface area contributed by atoms with Gasteiger partial charge in [0, 0.05) is 24.5 Å². The highest BCUT2D eigenvalue weighted by Crippen LogP contribution is 2.42. The number of carbonyl (C=O) groups excluding carboxylic acids is 1. The van der Waals surface area contributed by atoms with Gasteiger partial charge in [-0.3, -0.25) is 9.69 Å². The maximum atomic E-state index is 13.8. The molecule has 0 spiro atoms. The number of anilines is 2. The highest BCUT2D eigenvalue weighted by atomic mass is 19.1. The third-order valence-electron chi connectivity index (χ3n) is 4.45. The van der Waals surface area contributed by atoms with Gasteiger partial charge in [0.05, 0.1) is 30.7 Å². The zero-order valence-corrected chi connectivity index (χ0v) is 14.2. The van der Waals surface area contributed by atoms with Gasteiger partial charge >= 0.3 is 0 Å². The minimum absolute atomic E-state index is 0.295. The summed E-state index contributed by atoms with van der Waals surface area (Å²) in [4.78, 5) is 17.4. The predicted octanol–water partition coefficient (Wildman–Crippen LogP) is 2.70. The molecule has 6 nitrogen and oxygen atoms in total. The maximum absolute atomic E-state index is 13.8. The van der Waals surface area contributed by atoms with Crippen molar-refractivity contribution >= 4 is 17.3 Å². The lowest BCUT2D eigenvalue weighted by molar-refractivity contribution is -0.119. The first-order valence-corrected chi connectivity index (χ1v) is 7.96. The summed E-state index contributed by atoms with van der Waals surface area (Å²) in [7, 11) is 1.53. The van der Waals surface area contributed by atoms with Crippen molar-refractivity contribution in [1.82, 2.24) is 4.98 Å². The first-order valence-electron chi connectivity index (χ1n) is 7.96. The molecule has 1 aliphatic heterocycles. The fraction of sp³-hybridized carbons (Fsp3) is 0.333. The Balaban J connectivity index is 2.01. The van der Waals surface area contributed by atoms with E-state index in [2.05, 4.69) is 10.3 Å². The number of pyridine rings is 1. The lowest BCUT2D eigenvalue weighted by atomic mass is 9.86. The standard InChI is InChI=1S/C18H20FN3O3/c1-10-17(21-13-5-7-16(25-3)20-9-13)14-8-12(19)4-6-15(14)22(11(2)23)18(10)24/h4-10,17-18,21,24H,1-3H3/t10-,17-,18+/m1/s1. The van der Waals surface area contributed by atoms with Crippen LogP contribution in [-0.4, -0.2) is 29.3 Å². The molecule has 7 heteroatoms. The van der Waals surface area contributed by atoms with Gasteiger partial charge in [0.2, 0.25) is 11.8 Å². The molecule has 0 unspecified atom stereocenters. The smallest absolute Gasteiger partial charge is 0.225 e. The van der Waals surface area contributed by atoms with Gasteiger partial charge in [-0.2, -0.15) is 0 Å². The zero-order chi connectivity index (χ0) is 18.1. The topological polar surface area (TPSA) is 74.7 Å². The van der Waals surface area contributed by atoms with E-state index < -0.39 is 12.0 Å². The Morgan fingerprint density at radius 3 is 2.72 bits per heavy atom. The van der Waals surface area contributed by atoms with Crippen LogP contribution in [0.15, 0.2) is 36.5 Å². The van der Waals surface area contributed by atoms with Crippen LogP contribution in [0, 0.1) is 11.7 Å². The summed E-state index contributed by atoms with van der Waals surface area (Å²) in [5, 5.41) is 13.9. The van der Waals surface area contributed by atoms with Crippen molar-refractivity contribution in [3.05, 3.63) is 47.9 Å². The highest BCUT2D eigenvalue weighted by Gasteiger charge is 2.39. The Labute approximate surface area is 145 Å². The fourth-order valence-electron chi connectivity index (χ4n) is 3.16. The van der Waals surface area contributed by atoms with Crippen molar-refractivity contribution in [2.45, 2.75) is 26.1 Å². The predicted molar refractivity (Wildman–Crippen MR) is 91.9 cm³/mol. The molecule has 2 aromatic rings. The number of ether oxygens (including phenoxy) is 1. The van der Waals surface area contributed by atoms with Gasteiger partial charge in [-0.15, -0.1) is 0 Å². The van der Waals surface area contributed by atoms with Gasteiger partial charge in [0.15, 0.2) is 0 Å². The van der Waals surface area contributed by atoms with Crippen LogP contribution in [0.5, 0.6) is 5.88 Å². The van der Waals surface area contributed by atoms with Crippen LogP contribution in [0.2, 0.25) is 0 Å². The Morgan fingerprint density at radius 1 is 1.36 bits per heavy atom. The Hall–Kier alpha value is -2.67. The number of fused-ring (bicyclic) bond motifs is 1. The molecule has 2 heterocycles. The number of carbonyl (C=O) groups is 1. The summed E-state index contributed by atoms with van der Waals surface area (Å²) in [5.74, 6) is -0.570. The van der Waals surface area contributed by atoms with E-state index in [9.17, 15) is 14.3 Å². The third kappa shape index (κ3) is 3.15. The highest BCUT2D eigenvalue weighted by molar-refractivity contribution is 5.93. The van der Waals surface area contributed by atoms with E-state index in [-0.39, 0.29) is 17.9 Å². The first kappa shape index (κ1) is 17.2. The molecular weight excluding hydrogens is 325 g/mol. The van der Waals surface area contributed by atoms with Crippen LogP contribution < -0.4 is 15.0 Å². The molecule has 0 saturated carbocycles. The van der Waals surface area contributed by atoms with E-state index in [4.69, 9.17) is 4.74 Å². The van der Waals surface area contributed by atoms with Crippen molar-refractivity contribution in [1.29, 1.82) is 0 Å². The largest absolute Gasteiger partial charge is 0.481 e. The van der Waals surface area contributed by atoms with Crippen molar-refractivity contribution in [3.63, 3.8) is 0 Å². The number of nitrogens with one attached hydrogen (secondary N) is 1. The van der Waals surface area contributed by atoms with E-state index in [1.165, 1.54) is 37.1 Å². The van der Waals surface area contributed by atoms with Crippen LogP contribution in [0.3, 0.4) is 0 Å². The van der Waals surface area contributed by atoms with E-state index in [0.29, 0.717) is 22.8 Å². The van der Waals surface area contributed by atoms with Gasteiger partial charge in [0.25, 0.3) is 0 Å². The number of benzene rings is 1. The van der Waals surface area contributed by atoms with E-state index in [1.807, 2.05) is 6.92 Å². The van der Waals surface area contributed by atoms with Crippen LogP contribution in [-0.2, 0) is 4.79 Å². The number of rotatable bonds is 3. The normalized spacial score (nSPS) is 22.3. The number of methoxy groups -OCH3 is 1. The van der Waals surface area contributed by atoms with Gasteiger partial charge < -0.3 is 15.2 Å². The molecule has 0 radical (unpaired) electrons. The molecule has 2 N–H and O–H groups in total. The molecular formula is C18H20FN3O3. The molecule has 1 amide bonds. The lowest BCUT2D eigenvalue weighted by Crippen LogP contribution is -2.50. The van der Waals surface area contributed by atoms with Gasteiger partial charge in [-0.05, 0) is 24.3 Å². The number of halogens is 1. The summed E-state index contributed by atoms with van der Waals surface area (Å²) in [6.45, 7) is 3.19. The number of aromatic nitrogens is 1. The second kappa shape index (κ2) is 6.68. The zero-order valence-electron chi connectivity index (χ0n) is 14.2. The molecule has 25 heavy (non-hydrogen) atoms. The van der Waals surface area contributed by atoms with Gasteiger partial charge in [0.1, 0.15) is 12.0 Å². The average molecular weight is 345 g/mol. The summed E-state index contributed by atoms with van der Waals surface area (Å²) in [6.07, 6.45) is 0.591. The molecule has 3 atom stereocenters. The Kier molecular flexibility index (Phi) is 4.59. The molecule has 1 aromatic carbocycles. The third-order valence-corrected chi connectivity index (χ3v) is 4.45. The minimum atomic E-state index is -1.01. The van der Waals surface area contributed by atoms with Crippen molar-refractivity contribution in [2.24, 2.45) is 5.92 Å². The van der Waals surface area contributed by atoms with Crippen LogP contribution in [0.25, 0.3) is 0 Å². The van der Waals surface area contributed by atoms with Crippen molar-refractivity contribution < 1.29 is 19.0 Å². The van der Waals surface area contributed by atoms with E-state index >= 15 is 0 Å². The number of aliphatic hydroxyl groups excluding tert-OH is 1. The lowest BCUT2D eigenvalue weighted by Gasteiger charge is -2.42. The molecule has 132 valence electrons. The summed E-state index contributed by atoms with van der Waals surface area (Å²) in [5.41, 5.74) is 1.82. The SMILES string of the molecule is COc1ccc(N[C@H]2c3cc(F)ccc3N(C(C)=O)[C@@H](O)[C@@H]2C)cn1. The van der Waals surface area contributed by atoms with Gasteiger partial charge in [-0.1, -0.05) is 6.92 Å². The molecule has 0 saturated heterocycles. The molecule has 3 rings (SSSR count). The molecule has 0 bridgehead atoms. The number of hydrogen-bond acceptors (Lipinski definition) is 5. The number of nitrogens with zero attached hydrogens (tertiary/aromatic N) is 2. The maximum Gasteiger partial charge on any atom is 0.225 e. The quantitative estimate of drug-likeness (QED) is 0.895. The van der Waals surface area contributed by atoms with Crippen LogP contribution in [0.4, 0.5) is 15.8 Å². The number of amides is 1. The molecule has 0 fully saturated rings. The second-order valence-electron chi connectivity index (χ2n) is 6.08. The monoisotopic (exact) mass is 345 g/mol. The summed E-state index contributed by atoms with van der Waals surface area (Å²) in [6, 6.07) is 7.31. The molecule has 1 aliphatic rings. The Bertz CT molecular complexity index is 782. The van der Waals surface area contributed by atoms with E-state index in [1.54, 1.807) is 18.3 Å². The fourth-order valence-corrected chi connectivity index (χ4v) is 3.16. The molecule has 0 aliphatic carbocycles. The second-order valence-corrected chi connectivity index (χ2v) is 6.08. The first-order chi connectivity index (χ1) is 11.9. The van der Waals surface area contributed by atoms with Crippen molar-refractivity contribution in [3.8, 4) is 5.88 Å².